The van der Waals surface area contributed by atoms with E-state index < -0.39 is 11.7 Å². The Hall–Kier alpha value is -3.54. The van der Waals surface area contributed by atoms with Crippen LogP contribution in [0.15, 0.2) is 30.3 Å². The molecule has 2 heterocycles. The Bertz CT molecular complexity index is 1230. The first-order chi connectivity index (χ1) is 16.9. The molecule has 0 unspecified atom stereocenters. The van der Waals surface area contributed by atoms with E-state index in [-0.39, 0.29) is 36.3 Å². The fourth-order valence-corrected chi connectivity index (χ4v) is 4.30. The van der Waals surface area contributed by atoms with Crippen molar-refractivity contribution in [1.29, 1.82) is 0 Å². The Morgan fingerprint density at radius 3 is 2.49 bits per heavy atom. The van der Waals surface area contributed by atoms with Crippen LogP contribution in [-0.2, 0) is 0 Å². The standard InChI is InChI=1S/C24H29FN6O4/c1-14-3-4-18(17(25)9-14)27-22-16-10-20(31-7-5-30(6-8-31)15(12-32)13-33)21(35-2)11-19(16)28-29-23(22)24(26)34/h3-4,9-11,15,32-33H,5-8,12-13H2,1-2H3,(H2,26,34)(H,27,28). The van der Waals surface area contributed by atoms with Crippen LogP contribution in [0.3, 0.4) is 0 Å². The molecule has 2 aromatic carbocycles. The molecule has 35 heavy (non-hydrogen) atoms. The van der Waals surface area contributed by atoms with E-state index in [1.54, 1.807) is 32.2 Å². The van der Waals surface area contributed by atoms with Gasteiger partial charge < -0.3 is 30.9 Å². The summed E-state index contributed by atoms with van der Waals surface area (Å²) >= 11 is 0. The van der Waals surface area contributed by atoms with Crippen LogP contribution >= 0.6 is 0 Å². The van der Waals surface area contributed by atoms with Gasteiger partial charge >= 0.3 is 0 Å². The fourth-order valence-electron chi connectivity index (χ4n) is 4.30. The van der Waals surface area contributed by atoms with Gasteiger partial charge in [0.05, 0.1) is 48.9 Å². The van der Waals surface area contributed by atoms with Gasteiger partial charge in [0.1, 0.15) is 11.6 Å². The SMILES string of the molecule is COc1cc2nnc(C(N)=O)c(Nc3ccc(C)cc3F)c2cc1N1CCN(C(CO)CO)CC1. The van der Waals surface area contributed by atoms with Gasteiger partial charge in [0, 0.05) is 37.6 Å². The van der Waals surface area contributed by atoms with Crippen molar-refractivity contribution in [3.63, 3.8) is 0 Å². The number of aromatic nitrogens is 2. The number of aliphatic hydroxyl groups excluding tert-OH is 2. The number of ether oxygens (including phenoxy) is 1. The molecule has 11 heteroatoms. The van der Waals surface area contributed by atoms with E-state index in [0.29, 0.717) is 42.8 Å². The third-order valence-corrected chi connectivity index (χ3v) is 6.27. The maximum Gasteiger partial charge on any atom is 0.271 e. The first-order valence-electron chi connectivity index (χ1n) is 11.3. The van der Waals surface area contributed by atoms with E-state index in [0.717, 1.165) is 11.3 Å². The highest BCUT2D eigenvalue weighted by molar-refractivity contribution is 6.07. The number of hydrogen-bond acceptors (Lipinski definition) is 9. The smallest absolute Gasteiger partial charge is 0.271 e. The van der Waals surface area contributed by atoms with Crippen molar-refractivity contribution in [2.75, 3.05) is 56.7 Å². The number of methoxy groups -OCH3 is 1. The van der Waals surface area contributed by atoms with Gasteiger partial charge in [-0.15, -0.1) is 10.2 Å². The summed E-state index contributed by atoms with van der Waals surface area (Å²) in [7, 11) is 1.56. The quantitative estimate of drug-likeness (QED) is 0.374. The molecule has 0 aliphatic carbocycles. The number of halogens is 1. The van der Waals surface area contributed by atoms with Crippen LogP contribution in [0.4, 0.5) is 21.5 Å². The summed E-state index contributed by atoms with van der Waals surface area (Å²) in [4.78, 5) is 16.3. The van der Waals surface area contributed by atoms with Gasteiger partial charge in [0.2, 0.25) is 0 Å². The number of primary amides is 1. The molecule has 186 valence electrons. The second-order valence-corrected chi connectivity index (χ2v) is 8.48. The summed E-state index contributed by atoms with van der Waals surface area (Å²) in [5, 5.41) is 30.7. The number of nitrogens with one attached hydrogen (secondary N) is 1. The number of nitrogens with two attached hydrogens (primary N) is 1. The van der Waals surface area contributed by atoms with Crippen molar-refractivity contribution in [2.24, 2.45) is 5.73 Å². The van der Waals surface area contributed by atoms with Crippen molar-refractivity contribution < 1.29 is 24.1 Å². The number of carbonyl (C=O) groups is 1. The van der Waals surface area contributed by atoms with Gasteiger partial charge in [0.15, 0.2) is 5.69 Å². The molecule has 0 saturated carbocycles. The number of rotatable bonds is 8. The van der Waals surface area contributed by atoms with Gasteiger partial charge in [-0.3, -0.25) is 9.69 Å². The highest BCUT2D eigenvalue weighted by Gasteiger charge is 2.26. The van der Waals surface area contributed by atoms with Crippen LogP contribution in [0.2, 0.25) is 0 Å². The lowest BCUT2D eigenvalue weighted by Gasteiger charge is -2.39. The molecule has 0 atom stereocenters. The lowest BCUT2D eigenvalue weighted by atomic mass is 10.1. The van der Waals surface area contributed by atoms with E-state index >= 15 is 0 Å². The minimum atomic E-state index is -0.792. The number of fused-ring (bicyclic) bond motifs is 1. The lowest BCUT2D eigenvalue weighted by Crippen LogP contribution is -2.52. The van der Waals surface area contributed by atoms with E-state index in [1.807, 2.05) is 11.0 Å². The van der Waals surface area contributed by atoms with Gasteiger partial charge in [-0.2, -0.15) is 0 Å². The van der Waals surface area contributed by atoms with E-state index in [4.69, 9.17) is 10.5 Å². The first-order valence-corrected chi connectivity index (χ1v) is 11.3. The molecule has 3 aromatic rings. The number of anilines is 3. The molecule has 1 aliphatic rings. The summed E-state index contributed by atoms with van der Waals surface area (Å²) in [5.74, 6) is -0.697. The molecular formula is C24H29FN6O4. The first kappa shape index (κ1) is 24.6. The molecule has 1 aliphatic heterocycles. The molecule has 0 bridgehead atoms. The fraction of sp³-hybridized carbons (Fsp3) is 0.375. The summed E-state index contributed by atoms with van der Waals surface area (Å²) in [6.07, 6.45) is 0. The molecule has 0 radical (unpaired) electrons. The number of hydrogen-bond donors (Lipinski definition) is 4. The largest absolute Gasteiger partial charge is 0.495 e. The Labute approximate surface area is 202 Å². The van der Waals surface area contributed by atoms with Crippen LogP contribution < -0.4 is 20.7 Å². The summed E-state index contributed by atoms with van der Waals surface area (Å²) < 4.78 is 20.3. The van der Waals surface area contributed by atoms with E-state index in [9.17, 15) is 19.4 Å². The summed E-state index contributed by atoms with van der Waals surface area (Å²) in [5.41, 5.74) is 7.88. The topological polar surface area (TPSA) is 137 Å². The van der Waals surface area contributed by atoms with E-state index in [2.05, 4.69) is 20.4 Å². The minimum Gasteiger partial charge on any atom is -0.495 e. The van der Waals surface area contributed by atoms with Gasteiger partial charge in [-0.05, 0) is 30.7 Å². The summed E-state index contributed by atoms with van der Waals surface area (Å²) in [6, 6.07) is 7.98. The van der Waals surface area contributed by atoms with Gasteiger partial charge in [0.25, 0.3) is 5.91 Å². The monoisotopic (exact) mass is 484 g/mol. The highest BCUT2D eigenvalue weighted by atomic mass is 19.1. The van der Waals surface area contributed by atoms with Crippen molar-refractivity contribution in [3.8, 4) is 5.75 Å². The zero-order valence-electron chi connectivity index (χ0n) is 19.7. The molecule has 1 amide bonds. The number of nitrogens with zero attached hydrogens (tertiary/aromatic N) is 4. The second kappa shape index (κ2) is 10.4. The third-order valence-electron chi connectivity index (χ3n) is 6.27. The van der Waals surface area contributed by atoms with Gasteiger partial charge in [-0.25, -0.2) is 4.39 Å². The number of amides is 1. The average molecular weight is 485 g/mol. The summed E-state index contributed by atoms with van der Waals surface area (Å²) in [6.45, 7) is 4.06. The minimum absolute atomic E-state index is 0.104. The Kier molecular flexibility index (Phi) is 7.29. The predicted octanol–water partition coefficient (Wildman–Crippen LogP) is 1.40. The number of benzene rings is 2. The Morgan fingerprint density at radius 1 is 1.17 bits per heavy atom. The Morgan fingerprint density at radius 2 is 1.89 bits per heavy atom. The zero-order valence-corrected chi connectivity index (χ0v) is 19.7. The van der Waals surface area contributed by atoms with Crippen molar-refractivity contribution in [3.05, 3.63) is 47.4 Å². The van der Waals surface area contributed by atoms with E-state index in [1.165, 1.54) is 6.07 Å². The molecule has 1 saturated heterocycles. The van der Waals surface area contributed by atoms with Crippen LogP contribution in [0, 0.1) is 12.7 Å². The Balaban J connectivity index is 1.77. The van der Waals surface area contributed by atoms with Crippen LogP contribution in [0.5, 0.6) is 5.75 Å². The number of carbonyl (C=O) groups excluding carboxylic acids is 1. The van der Waals surface area contributed by atoms with Crippen LogP contribution in [0.25, 0.3) is 10.9 Å². The van der Waals surface area contributed by atoms with Crippen molar-refractivity contribution in [1.82, 2.24) is 15.1 Å². The maximum atomic E-state index is 14.6. The molecule has 0 spiro atoms. The molecule has 1 fully saturated rings. The van der Waals surface area contributed by atoms with Crippen molar-refractivity contribution >= 4 is 33.9 Å². The molecular weight excluding hydrogens is 455 g/mol. The lowest BCUT2D eigenvalue weighted by molar-refractivity contribution is 0.0700. The second-order valence-electron chi connectivity index (χ2n) is 8.48. The van der Waals surface area contributed by atoms with Crippen molar-refractivity contribution in [2.45, 2.75) is 13.0 Å². The molecule has 1 aromatic heterocycles. The predicted molar refractivity (Wildman–Crippen MR) is 131 cm³/mol. The van der Waals surface area contributed by atoms with Gasteiger partial charge in [-0.1, -0.05) is 6.07 Å². The average Bonchev–Trinajstić information content (AvgIpc) is 2.86. The third kappa shape index (κ3) is 4.97. The molecule has 4 rings (SSSR count). The number of aliphatic hydroxyl groups is 2. The number of piperazine rings is 1. The zero-order chi connectivity index (χ0) is 25.1. The molecule has 10 nitrogen and oxygen atoms in total. The normalized spacial score (nSPS) is 14.5. The molecule has 5 N–H and O–H groups in total. The highest BCUT2D eigenvalue weighted by Crippen LogP contribution is 2.38. The van der Waals surface area contributed by atoms with Crippen LogP contribution in [-0.4, -0.2) is 83.8 Å². The number of aryl methyl sites for hydroxylation is 1. The van der Waals surface area contributed by atoms with Crippen LogP contribution in [0.1, 0.15) is 16.1 Å². The maximum absolute atomic E-state index is 14.6.